The molecule has 19 heavy (non-hydrogen) atoms. The molecule has 0 aliphatic rings. The highest BCUT2D eigenvalue weighted by molar-refractivity contribution is 6.75. The maximum absolute atomic E-state index is 10.2. The quantitative estimate of drug-likeness (QED) is 0.515. The van der Waals surface area contributed by atoms with Crippen LogP contribution in [0, 0.1) is 0 Å². The molecule has 0 radical (unpaired) electrons. The Morgan fingerprint density at radius 1 is 0.737 bits per heavy atom. The molecule has 4 N–H and O–H groups in total. The van der Waals surface area contributed by atoms with Crippen molar-refractivity contribution in [2.24, 2.45) is 0 Å². The van der Waals surface area contributed by atoms with Crippen LogP contribution in [0.25, 0.3) is 0 Å². The van der Waals surface area contributed by atoms with E-state index in [-0.39, 0.29) is 0 Å². The Labute approximate surface area is 119 Å². The van der Waals surface area contributed by atoms with Crippen LogP contribution in [0.5, 0.6) is 0 Å². The van der Waals surface area contributed by atoms with Crippen molar-refractivity contribution in [1.82, 2.24) is 0 Å². The van der Waals surface area contributed by atoms with Gasteiger partial charge in [-0.3, -0.25) is 0 Å². The Balaban J connectivity index is 5.09. The van der Waals surface area contributed by atoms with Crippen LogP contribution in [0.1, 0.15) is 67.2 Å². The van der Waals surface area contributed by atoms with E-state index in [1.165, 1.54) is 0 Å². The second-order valence-corrected chi connectivity index (χ2v) is 12.5. The average Bonchev–Trinajstić information content (AvgIpc) is 2.14. The Morgan fingerprint density at radius 3 is 1.21 bits per heavy atom. The summed E-state index contributed by atoms with van der Waals surface area (Å²) >= 11 is 0. The summed E-state index contributed by atoms with van der Waals surface area (Å²) in [6.07, 6.45) is 2.67. The van der Waals surface area contributed by atoms with Crippen LogP contribution in [-0.4, -0.2) is 36.8 Å². The van der Waals surface area contributed by atoms with Crippen molar-refractivity contribution in [3.8, 4) is 0 Å². The molecule has 0 spiro atoms. The molecule has 0 unspecified atom stereocenters. The summed E-state index contributed by atoms with van der Waals surface area (Å²) in [6.45, 7) is 10.7. The van der Waals surface area contributed by atoms with Gasteiger partial charge in [0.15, 0.2) is 0 Å². The zero-order valence-corrected chi connectivity index (χ0v) is 15.0. The Morgan fingerprint density at radius 2 is 1.00 bits per heavy atom. The van der Waals surface area contributed by atoms with E-state index >= 15 is 0 Å². The summed E-state index contributed by atoms with van der Waals surface area (Å²) in [6, 6.07) is 0. The molecule has 0 aromatic rings. The highest BCUT2D eigenvalue weighted by atomic mass is 28.5. The van der Waals surface area contributed by atoms with E-state index in [0.29, 0.717) is 12.8 Å². The summed E-state index contributed by atoms with van der Waals surface area (Å²) < 4.78 is 5.16. The zero-order valence-electron chi connectivity index (χ0n) is 13.0. The molecule has 0 saturated carbocycles. The topological polar surface area (TPSA) is 90.2 Å². The van der Waals surface area contributed by atoms with E-state index in [0.717, 1.165) is 12.8 Å². The Kier molecular flexibility index (Phi) is 6.41. The molecule has 0 aliphatic carbocycles. The van der Waals surface area contributed by atoms with Crippen LogP contribution in [0.4, 0.5) is 0 Å². The van der Waals surface area contributed by atoms with Crippen LogP contribution in [0.3, 0.4) is 0 Å². The van der Waals surface area contributed by atoms with Gasteiger partial charge >= 0.3 is 17.6 Å². The predicted octanol–water partition coefficient (Wildman–Crippen LogP) is 2.01. The molecule has 5 nitrogen and oxygen atoms in total. The van der Waals surface area contributed by atoms with Gasteiger partial charge in [0.25, 0.3) is 0 Å². The standard InChI is InChI=1S/C12H30O5Si2/c1-7-9-11(3,4)18(13,14)17-19(15,16)12(5,6)10-8-2/h13-16H,7-10H2,1-6H3. The van der Waals surface area contributed by atoms with Gasteiger partial charge in [-0.2, -0.15) is 0 Å². The van der Waals surface area contributed by atoms with Gasteiger partial charge in [-0.1, -0.05) is 54.4 Å². The monoisotopic (exact) mass is 310 g/mol. The number of rotatable bonds is 8. The molecular formula is C12H30O5Si2. The van der Waals surface area contributed by atoms with E-state index in [4.69, 9.17) is 4.12 Å². The Hall–Kier alpha value is 0.234. The third kappa shape index (κ3) is 4.62. The summed E-state index contributed by atoms with van der Waals surface area (Å²) in [5, 5.41) is -1.68. The first-order chi connectivity index (χ1) is 8.33. The van der Waals surface area contributed by atoms with Crippen molar-refractivity contribution in [2.45, 2.75) is 77.3 Å². The van der Waals surface area contributed by atoms with Gasteiger partial charge < -0.3 is 23.3 Å². The van der Waals surface area contributed by atoms with Gasteiger partial charge in [0, 0.05) is 10.1 Å². The minimum absolute atomic E-state index is 0.560. The molecule has 0 aromatic heterocycles. The van der Waals surface area contributed by atoms with Crippen molar-refractivity contribution in [2.75, 3.05) is 0 Å². The first-order valence-corrected chi connectivity index (χ1v) is 10.5. The second-order valence-electron chi connectivity index (χ2n) is 6.59. The summed E-state index contributed by atoms with van der Waals surface area (Å²) in [5.41, 5.74) is 0. The lowest BCUT2D eigenvalue weighted by Crippen LogP contribution is -2.62. The van der Waals surface area contributed by atoms with Crippen molar-refractivity contribution < 1.29 is 23.3 Å². The highest BCUT2D eigenvalue weighted by Gasteiger charge is 2.60. The molecular weight excluding hydrogens is 280 g/mol. The zero-order chi connectivity index (χ0) is 15.5. The molecule has 0 bridgehead atoms. The molecule has 0 fully saturated rings. The largest absolute Gasteiger partial charge is 0.494 e. The molecule has 0 saturated heterocycles. The Bertz CT molecular complexity index is 262. The van der Waals surface area contributed by atoms with E-state index in [9.17, 15) is 19.2 Å². The van der Waals surface area contributed by atoms with Crippen LogP contribution in [0.15, 0.2) is 0 Å². The summed E-state index contributed by atoms with van der Waals surface area (Å²) in [4.78, 5) is 40.9. The SMILES string of the molecule is CCCC(C)(C)[Si](O)(O)O[Si](O)(O)C(C)(C)CCC. The maximum atomic E-state index is 10.2. The molecule has 0 aromatic carbocycles. The number of hydrogen-bond acceptors (Lipinski definition) is 5. The van der Waals surface area contributed by atoms with Crippen LogP contribution in [0.2, 0.25) is 10.1 Å². The normalized spacial score (nSPS) is 14.8. The molecule has 0 heterocycles. The molecule has 116 valence electrons. The van der Waals surface area contributed by atoms with E-state index in [1.54, 1.807) is 27.7 Å². The lowest BCUT2D eigenvalue weighted by Gasteiger charge is -2.41. The number of hydrogen-bond donors (Lipinski definition) is 4. The second kappa shape index (κ2) is 6.34. The van der Waals surface area contributed by atoms with Crippen LogP contribution in [-0.2, 0) is 4.12 Å². The van der Waals surface area contributed by atoms with Crippen LogP contribution < -0.4 is 0 Å². The highest BCUT2D eigenvalue weighted by Crippen LogP contribution is 2.45. The van der Waals surface area contributed by atoms with Gasteiger partial charge in [0.05, 0.1) is 0 Å². The maximum Gasteiger partial charge on any atom is 0.494 e. The van der Waals surface area contributed by atoms with Gasteiger partial charge in [0.2, 0.25) is 0 Å². The molecule has 0 amide bonds. The third-order valence-electron chi connectivity index (χ3n) is 3.80. The lowest BCUT2D eigenvalue weighted by molar-refractivity contribution is 0.109. The third-order valence-corrected chi connectivity index (χ3v) is 10.1. The summed E-state index contributed by atoms with van der Waals surface area (Å²) in [7, 11) is -8.33. The fourth-order valence-corrected chi connectivity index (χ4v) is 7.00. The average molecular weight is 311 g/mol. The smallest absolute Gasteiger partial charge is 0.390 e. The van der Waals surface area contributed by atoms with E-state index in [2.05, 4.69) is 0 Å². The minimum Gasteiger partial charge on any atom is -0.390 e. The van der Waals surface area contributed by atoms with Crippen molar-refractivity contribution in [1.29, 1.82) is 0 Å². The van der Waals surface area contributed by atoms with Crippen molar-refractivity contribution >= 4 is 17.6 Å². The minimum atomic E-state index is -4.16. The van der Waals surface area contributed by atoms with Crippen molar-refractivity contribution in [3.63, 3.8) is 0 Å². The predicted molar refractivity (Wildman–Crippen MR) is 79.4 cm³/mol. The van der Waals surface area contributed by atoms with Gasteiger partial charge in [0.1, 0.15) is 0 Å². The molecule has 0 aliphatic heterocycles. The molecule has 0 rings (SSSR count). The van der Waals surface area contributed by atoms with E-state index in [1.807, 2.05) is 13.8 Å². The fourth-order valence-electron chi connectivity index (χ4n) is 2.05. The molecule has 7 heteroatoms. The van der Waals surface area contributed by atoms with Crippen LogP contribution >= 0.6 is 0 Å². The molecule has 0 atom stereocenters. The van der Waals surface area contributed by atoms with Gasteiger partial charge in [-0.05, 0) is 12.8 Å². The van der Waals surface area contributed by atoms with Gasteiger partial charge in [-0.15, -0.1) is 0 Å². The first kappa shape index (κ1) is 19.2. The van der Waals surface area contributed by atoms with E-state index < -0.39 is 27.7 Å². The first-order valence-electron chi connectivity index (χ1n) is 6.92. The van der Waals surface area contributed by atoms with Crippen molar-refractivity contribution in [3.05, 3.63) is 0 Å². The van der Waals surface area contributed by atoms with Gasteiger partial charge in [-0.25, -0.2) is 0 Å². The fraction of sp³-hybridized carbons (Fsp3) is 1.00. The lowest BCUT2D eigenvalue weighted by atomic mass is 10.1. The summed E-state index contributed by atoms with van der Waals surface area (Å²) in [5.74, 6) is 0.